The largest absolute Gasteiger partial charge is 0.494 e. The van der Waals surface area contributed by atoms with Crippen molar-refractivity contribution in [1.29, 1.82) is 0 Å². The van der Waals surface area contributed by atoms with E-state index in [9.17, 15) is 4.79 Å². The molecule has 0 bridgehead atoms. The highest BCUT2D eigenvalue weighted by molar-refractivity contribution is 8.00. The normalized spacial score (nSPS) is 11.8. The summed E-state index contributed by atoms with van der Waals surface area (Å²) in [6.45, 7) is 6.64. The molecular weight excluding hydrogens is 488 g/mol. The third-order valence-electron chi connectivity index (χ3n) is 5.45. The highest BCUT2D eigenvalue weighted by Crippen LogP contribution is 2.31. The molecule has 0 radical (unpaired) electrons. The van der Waals surface area contributed by atoms with Crippen molar-refractivity contribution >= 4 is 35.1 Å². The van der Waals surface area contributed by atoms with Crippen molar-refractivity contribution in [2.45, 2.75) is 48.2 Å². The maximum Gasteiger partial charge on any atom is 0.237 e. The highest BCUT2D eigenvalue weighted by Gasteiger charge is 2.23. The van der Waals surface area contributed by atoms with E-state index in [0.29, 0.717) is 23.9 Å². The smallest absolute Gasteiger partial charge is 0.237 e. The van der Waals surface area contributed by atoms with E-state index in [4.69, 9.17) is 4.74 Å². The molecule has 0 fully saturated rings. The van der Waals surface area contributed by atoms with Gasteiger partial charge in [-0.3, -0.25) is 9.36 Å². The summed E-state index contributed by atoms with van der Waals surface area (Å²) in [5.41, 5.74) is 2.95. The van der Waals surface area contributed by atoms with Crippen LogP contribution in [-0.2, 0) is 10.5 Å². The van der Waals surface area contributed by atoms with E-state index in [1.54, 1.807) is 11.8 Å². The van der Waals surface area contributed by atoms with Gasteiger partial charge in [-0.15, -0.1) is 22.0 Å². The number of nitrogens with one attached hydrogen (secondary N) is 1. The second kappa shape index (κ2) is 12.6. The molecule has 1 atom stereocenters. The summed E-state index contributed by atoms with van der Waals surface area (Å²) in [6, 6.07) is 25.9. The number of rotatable bonds is 11. The van der Waals surface area contributed by atoms with Crippen molar-refractivity contribution in [3.63, 3.8) is 0 Å². The van der Waals surface area contributed by atoms with Gasteiger partial charge in [0.05, 0.1) is 17.6 Å². The number of anilines is 1. The number of nitrogens with zero attached hydrogens (tertiary/aromatic N) is 3. The number of aromatic nitrogens is 3. The van der Waals surface area contributed by atoms with Crippen LogP contribution in [0.15, 0.2) is 88.9 Å². The lowest BCUT2D eigenvalue weighted by Gasteiger charge is -2.16. The predicted molar refractivity (Wildman–Crippen MR) is 148 cm³/mol. The molecule has 36 heavy (non-hydrogen) atoms. The Labute approximate surface area is 220 Å². The Balaban J connectivity index is 1.52. The number of benzene rings is 3. The third kappa shape index (κ3) is 6.71. The number of carbonyl (C=O) groups excluding carboxylic acids is 1. The summed E-state index contributed by atoms with van der Waals surface area (Å²) in [5, 5.41) is 12.4. The molecule has 0 aliphatic heterocycles. The zero-order valence-corrected chi connectivity index (χ0v) is 22.3. The lowest BCUT2D eigenvalue weighted by molar-refractivity contribution is -0.115. The van der Waals surface area contributed by atoms with Crippen molar-refractivity contribution in [2.75, 3.05) is 11.9 Å². The molecule has 0 saturated heterocycles. The van der Waals surface area contributed by atoms with Crippen molar-refractivity contribution in [2.24, 2.45) is 0 Å². The number of thioether (sulfide) groups is 2. The molecular formula is C28H30N4O2S2. The van der Waals surface area contributed by atoms with Gasteiger partial charge in [-0.05, 0) is 68.8 Å². The molecule has 1 heterocycles. The first-order chi connectivity index (χ1) is 17.6. The fourth-order valence-corrected chi connectivity index (χ4v) is 5.36. The summed E-state index contributed by atoms with van der Waals surface area (Å²) in [5.74, 6) is 2.23. The van der Waals surface area contributed by atoms with E-state index < -0.39 is 0 Å². The van der Waals surface area contributed by atoms with Gasteiger partial charge in [-0.25, -0.2) is 0 Å². The topological polar surface area (TPSA) is 69.0 Å². The Morgan fingerprint density at radius 3 is 2.36 bits per heavy atom. The maximum atomic E-state index is 13.1. The van der Waals surface area contributed by atoms with Gasteiger partial charge in [0.25, 0.3) is 0 Å². The Morgan fingerprint density at radius 2 is 1.69 bits per heavy atom. The Bertz CT molecular complexity index is 1260. The number of hydrogen-bond donors (Lipinski definition) is 1. The minimum atomic E-state index is -0.319. The Hall–Kier alpha value is -3.23. The van der Waals surface area contributed by atoms with Crippen LogP contribution in [0.25, 0.3) is 5.69 Å². The van der Waals surface area contributed by atoms with Crippen LogP contribution in [0.5, 0.6) is 5.75 Å². The highest BCUT2D eigenvalue weighted by atomic mass is 32.2. The summed E-state index contributed by atoms with van der Waals surface area (Å²) in [6.07, 6.45) is 0.655. The van der Waals surface area contributed by atoms with E-state index in [0.717, 1.165) is 22.9 Å². The van der Waals surface area contributed by atoms with Gasteiger partial charge >= 0.3 is 0 Å². The minimum absolute atomic E-state index is 0.0650. The maximum absolute atomic E-state index is 13.1. The Morgan fingerprint density at radius 1 is 0.972 bits per heavy atom. The van der Waals surface area contributed by atoms with Crippen LogP contribution in [0.3, 0.4) is 0 Å². The summed E-state index contributed by atoms with van der Waals surface area (Å²) < 4.78 is 7.54. The van der Waals surface area contributed by atoms with Crippen molar-refractivity contribution < 1.29 is 9.53 Å². The molecule has 1 amide bonds. The number of carbonyl (C=O) groups is 1. The van der Waals surface area contributed by atoms with Crippen LogP contribution < -0.4 is 10.1 Å². The molecule has 4 rings (SSSR count). The number of para-hydroxylation sites is 1. The second-order valence-corrected chi connectivity index (χ2v) is 10.4. The zero-order chi connectivity index (χ0) is 25.3. The zero-order valence-electron chi connectivity index (χ0n) is 20.7. The molecule has 0 aliphatic carbocycles. The lowest BCUT2D eigenvalue weighted by atomic mass is 10.2. The van der Waals surface area contributed by atoms with E-state index in [2.05, 4.69) is 51.3 Å². The van der Waals surface area contributed by atoms with Gasteiger partial charge in [0.1, 0.15) is 11.6 Å². The Kier molecular flexibility index (Phi) is 9.08. The third-order valence-corrected chi connectivity index (χ3v) is 7.76. The van der Waals surface area contributed by atoms with Gasteiger partial charge in [0.2, 0.25) is 5.91 Å². The summed E-state index contributed by atoms with van der Waals surface area (Å²) in [4.78, 5) is 14.3. The molecule has 186 valence electrons. The number of amides is 1. The van der Waals surface area contributed by atoms with Gasteiger partial charge in [-0.1, -0.05) is 54.6 Å². The number of ether oxygens (including phenoxy) is 1. The van der Waals surface area contributed by atoms with E-state index in [-0.39, 0.29) is 11.2 Å². The summed E-state index contributed by atoms with van der Waals surface area (Å²) >= 11 is 3.16. The fraction of sp³-hybridized carbons (Fsp3) is 0.250. The molecule has 4 aromatic rings. The second-order valence-electron chi connectivity index (χ2n) is 8.13. The average molecular weight is 519 g/mol. The lowest BCUT2D eigenvalue weighted by Crippen LogP contribution is -2.25. The quantitative estimate of drug-likeness (QED) is 0.221. The van der Waals surface area contributed by atoms with Crippen LogP contribution in [0, 0.1) is 6.92 Å². The average Bonchev–Trinajstić information content (AvgIpc) is 3.31. The molecule has 6 nitrogen and oxygen atoms in total. The first-order valence-corrected chi connectivity index (χ1v) is 13.8. The van der Waals surface area contributed by atoms with Gasteiger partial charge in [0.15, 0.2) is 5.16 Å². The van der Waals surface area contributed by atoms with Gasteiger partial charge in [0, 0.05) is 16.3 Å². The molecule has 0 saturated carbocycles. The van der Waals surface area contributed by atoms with Crippen molar-refractivity contribution in [3.05, 3.63) is 90.3 Å². The fourth-order valence-electron chi connectivity index (χ4n) is 3.56. The van der Waals surface area contributed by atoms with E-state index >= 15 is 0 Å². The van der Waals surface area contributed by atoms with Gasteiger partial charge < -0.3 is 10.1 Å². The minimum Gasteiger partial charge on any atom is -0.494 e. The van der Waals surface area contributed by atoms with Crippen molar-refractivity contribution in [3.8, 4) is 11.4 Å². The van der Waals surface area contributed by atoms with Crippen molar-refractivity contribution in [1.82, 2.24) is 14.8 Å². The van der Waals surface area contributed by atoms with E-state index in [1.807, 2.05) is 68.4 Å². The SMILES string of the molecule is CCOc1ccc(NC(=O)C(CC)Sc2nnc(CSc3ccc(C)cc3)n2-c2ccccc2)cc1. The van der Waals surface area contributed by atoms with E-state index in [1.165, 1.54) is 22.2 Å². The first kappa shape index (κ1) is 25.9. The van der Waals surface area contributed by atoms with Crippen LogP contribution in [-0.4, -0.2) is 32.5 Å². The standard InChI is InChI=1S/C28H30N4O2S2/c1-4-25(27(33)29-21-13-15-23(16-14-21)34-5-2)36-28-31-30-26(32(28)22-9-7-6-8-10-22)19-35-24-17-11-20(3)12-18-24/h6-18,25H,4-5,19H2,1-3H3,(H,29,33). The van der Waals surface area contributed by atoms with Crippen LogP contribution >= 0.6 is 23.5 Å². The molecule has 0 aliphatic rings. The molecule has 1 aromatic heterocycles. The first-order valence-electron chi connectivity index (χ1n) is 12.0. The monoisotopic (exact) mass is 518 g/mol. The summed E-state index contributed by atoms with van der Waals surface area (Å²) in [7, 11) is 0. The number of hydrogen-bond acceptors (Lipinski definition) is 6. The van der Waals surface area contributed by atoms with Crippen LogP contribution in [0.2, 0.25) is 0 Å². The molecule has 1 unspecified atom stereocenters. The number of aryl methyl sites for hydroxylation is 1. The van der Waals surface area contributed by atoms with Gasteiger partial charge in [-0.2, -0.15) is 0 Å². The van der Waals surface area contributed by atoms with Crippen LogP contribution in [0.4, 0.5) is 5.69 Å². The van der Waals surface area contributed by atoms with Crippen LogP contribution in [0.1, 0.15) is 31.7 Å². The predicted octanol–water partition coefficient (Wildman–Crippen LogP) is 6.78. The molecule has 0 spiro atoms. The molecule has 8 heteroatoms. The molecule has 1 N–H and O–H groups in total. The molecule has 3 aromatic carbocycles.